The lowest BCUT2D eigenvalue weighted by Gasteiger charge is -2.39. The summed E-state index contributed by atoms with van der Waals surface area (Å²) in [6.45, 7) is 3.45. The van der Waals surface area contributed by atoms with E-state index in [4.69, 9.17) is 0 Å². The first-order valence-corrected chi connectivity index (χ1v) is 9.92. The fourth-order valence-corrected chi connectivity index (χ4v) is 3.87. The highest BCUT2D eigenvalue weighted by Gasteiger charge is 2.36. The standard InChI is InChI=1S/C22H16F4N6O/c1-13(23)21(33)30-11-16(12-30)32-20-17(31-10-2-8-28-31)7-9-27-19(20)18(29-32)14-3-5-15(6-4-14)22(24,25)26/h2-10,16H,1,11-12H2. The van der Waals surface area contributed by atoms with Crippen LogP contribution in [0, 0.1) is 0 Å². The van der Waals surface area contributed by atoms with E-state index >= 15 is 0 Å². The maximum atomic E-state index is 13.2. The van der Waals surface area contributed by atoms with E-state index in [2.05, 4.69) is 21.8 Å². The summed E-state index contributed by atoms with van der Waals surface area (Å²) in [7, 11) is 0. The molecule has 1 saturated heterocycles. The van der Waals surface area contributed by atoms with Crippen LogP contribution in [0.4, 0.5) is 17.6 Å². The Morgan fingerprint density at radius 3 is 2.42 bits per heavy atom. The molecule has 0 spiro atoms. The first-order chi connectivity index (χ1) is 15.7. The summed E-state index contributed by atoms with van der Waals surface area (Å²) in [5.74, 6) is -1.82. The van der Waals surface area contributed by atoms with Crippen molar-refractivity contribution < 1.29 is 22.4 Å². The zero-order valence-electron chi connectivity index (χ0n) is 17.0. The Bertz CT molecular complexity index is 1350. The Hall–Kier alpha value is -4.02. The number of hydrogen-bond acceptors (Lipinski definition) is 4. The minimum absolute atomic E-state index is 0.207. The van der Waals surface area contributed by atoms with Gasteiger partial charge in [-0.05, 0) is 24.3 Å². The van der Waals surface area contributed by atoms with Gasteiger partial charge in [0.15, 0.2) is 5.83 Å². The Kier molecular flexibility index (Phi) is 4.76. The Morgan fingerprint density at radius 1 is 1.09 bits per heavy atom. The molecule has 33 heavy (non-hydrogen) atoms. The number of rotatable bonds is 4. The summed E-state index contributed by atoms with van der Waals surface area (Å²) in [5, 5.41) is 8.93. The maximum absolute atomic E-state index is 13.2. The van der Waals surface area contributed by atoms with Crippen molar-refractivity contribution in [3.8, 4) is 16.9 Å². The summed E-state index contributed by atoms with van der Waals surface area (Å²) in [6.07, 6.45) is 0.477. The molecule has 7 nitrogen and oxygen atoms in total. The van der Waals surface area contributed by atoms with Crippen molar-refractivity contribution in [2.24, 2.45) is 0 Å². The molecule has 0 unspecified atom stereocenters. The molecule has 0 N–H and O–H groups in total. The van der Waals surface area contributed by atoms with E-state index in [1.165, 1.54) is 17.0 Å². The third kappa shape index (κ3) is 3.55. The number of likely N-dealkylation sites (tertiary alicyclic amines) is 1. The maximum Gasteiger partial charge on any atom is 0.416 e. The molecule has 1 fully saturated rings. The second-order valence-corrected chi connectivity index (χ2v) is 7.62. The lowest BCUT2D eigenvalue weighted by molar-refractivity contribution is -0.137. The van der Waals surface area contributed by atoms with E-state index in [0.29, 0.717) is 28.0 Å². The Labute approximate surface area is 184 Å². The average Bonchev–Trinajstić information content (AvgIpc) is 3.41. The van der Waals surface area contributed by atoms with Crippen LogP contribution in [-0.2, 0) is 11.0 Å². The average molecular weight is 456 g/mol. The van der Waals surface area contributed by atoms with Gasteiger partial charge in [0.2, 0.25) is 0 Å². The number of fused-ring (bicyclic) bond motifs is 1. The molecule has 0 atom stereocenters. The third-order valence-corrected chi connectivity index (χ3v) is 5.53. The normalized spacial score (nSPS) is 14.5. The summed E-state index contributed by atoms with van der Waals surface area (Å²) < 4.78 is 55.5. The van der Waals surface area contributed by atoms with Gasteiger partial charge in [0.1, 0.15) is 16.7 Å². The molecular weight excluding hydrogens is 440 g/mol. The molecule has 4 heterocycles. The summed E-state index contributed by atoms with van der Waals surface area (Å²) >= 11 is 0. The van der Waals surface area contributed by atoms with Gasteiger partial charge < -0.3 is 4.90 Å². The van der Waals surface area contributed by atoms with E-state index in [-0.39, 0.29) is 19.1 Å². The fourth-order valence-electron chi connectivity index (χ4n) is 3.87. The molecule has 0 bridgehead atoms. The molecule has 1 aromatic carbocycles. The van der Waals surface area contributed by atoms with Crippen LogP contribution in [0.1, 0.15) is 11.6 Å². The van der Waals surface area contributed by atoms with Crippen molar-refractivity contribution in [2.45, 2.75) is 12.2 Å². The van der Waals surface area contributed by atoms with Crippen LogP contribution >= 0.6 is 0 Å². The molecule has 0 saturated carbocycles. The first-order valence-electron chi connectivity index (χ1n) is 9.92. The molecule has 3 aromatic heterocycles. The van der Waals surface area contributed by atoms with Gasteiger partial charge in [0.25, 0.3) is 5.91 Å². The third-order valence-electron chi connectivity index (χ3n) is 5.53. The van der Waals surface area contributed by atoms with Crippen molar-refractivity contribution in [3.63, 3.8) is 0 Å². The van der Waals surface area contributed by atoms with Crippen LogP contribution in [0.3, 0.4) is 0 Å². The van der Waals surface area contributed by atoms with Gasteiger partial charge in [-0.15, -0.1) is 0 Å². The number of benzene rings is 1. The number of nitrogens with zero attached hydrogens (tertiary/aromatic N) is 6. The van der Waals surface area contributed by atoms with Crippen LogP contribution in [-0.4, -0.2) is 48.4 Å². The Morgan fingerprint density at radius 2 is 1.82 bits per heavy atom. The van der Waals surface area contributed by atoms with E-state index in [0.717, 1.165) is 12.1 Å². The zero-order chi connectivity index (χ0) is 23.3. The van der Waals surface area contributed by atoms with E-state index in [9.17, 15) is 22.4 Å². The fraction of sp³-hybridized carbons (Fsp3) is 0.182. The highest BCUT2D eigenvalue weighted by molar-refractivity contribution is 5.95. The minimum atomic E-state index is -4.45. The highest BCUT2D eigenvalue weighted by Crippen LogP contribution is 2.36. The molecule has 5 rings (SSSR count). The van der Waals surface area contributed by atoms with Gasteiger partial charge in [0, 0.05) is 37.2 Å². The van der Waals surface area contributed by atoms with Crippen molar-refractivity contribution in [2.75, 3.05) is 13.1 Å². The van der Waals surface area contributed by atoms with Crippen molar-refractivity contribution in [1.82, 2.24) is 29.4 Å². The van der Waals surface area contributed by atoms with Crippen LogP contribution in [0.2, 0.25) is 0 Å². The quantitative estimate of drug-likeness (QED) is 0.342. The number of pyridine rings is 1. The van der Waals surface area contributed by atoms with Crippen LogP contribution in [0.5, 0.6) is 0 Å². The van der Waals surface area contributed by atoms with Crippen molar-refractivity contribution >= 4 is 16.9 Å². The Balaban J connectivity index is 1.62. The van der Waals surface area contributed by atoms with Crippen LogP contribution in [0.15, 0.2) is 67.4 Å². The number of alkyl halides is 3. The van der Waals surface area contributed by atoms with Gasteiger partial charge in [-0.2, -0.15) is 23.4 Å². The monoisotopic (exact) mass is 456 g/mol. The van der Waals surface area contributed by atoms with Gasteiger partial charge in [-0.25, -0.2) is 9.07 Å². The molecule has 168 valence electrons. The zero-order valence-corrected chi connectivity index (χ0v) is 17.0. The molecule has 4 aromatic rings. The number of aromatic nitrogens is 5. The number of carbonyl (C=O) groups excluding carboxylic acids is 1. The molecule has 0 radical (unpaired) electrons. The van der Waals surface area contributed by atoms with Crippen molar-refractivity contribution in [3.05, 3.63) is 73.0 Å². The van der Waals surface area contributed by atoms with Crippen molar-refractivity contribution in [1.29, 1.82) is 0 Å². The molecule has 1 aliphatic rings. The van der Waals surface area contributed by atoms with E-state index in [1.807, 2.05) is 0 Å². The second kappa shape index (κ2) is 7.54. The smallest absolute Gasteiger partial charge is 0.332 e. The lowest BCUT2D eigenvalue weighted by Crippen LogP contribution is -2.51. The predicted molar refractivity (Wildman–Crippen MR) is 111 cm³/mol. The minimum Gasteiger partial charge on any atom is -0.332 e. The summed E-state index contributed by atoms with van der Waals surface area (Å²) in [6, 6.07) is 7.90. The number of amides is 1. The topological polar surface area (TPSA) is 68.8 Å². The highest BCUT2D eigenvalue weighted by atomic mass is 19.4. The second-order valence-electron chi connectivity index (χ2n) is 7.62. The SMILES string of the molecule is C=C(F)C(=O)N1CC(n2nc(-c3ccc(C(F)(F)F)cc3)c3nccc(-n4cccn4)c32)C1. The molecule has 11 heteroatoms. The molecular formula is C22H16F4N6O. The van der Waals surface area contributed by atoms with Crippen LogP contribution in [0.25, 0.3) is 28.0 Å². The van der Waals surface area contributed by atoms with Gasteiger partial charge >= 0.3 is 6.18 Å². The summed E-state index contributed by atoms with van der Waals surface area (Å²) in [5.41, 5.74) is 1.83. The molecule has 1 amide bonds. The number of carbonyl (C=O) groups is 1. The van der Waals surface area contributed by atoms with E-state index in [1.54, 1.807) is 40.1 Å². The van der Waals surface area contributed by atoms with E-state index < -0.39 is 23.5 Å². The van der Waals surface area contributed by atoms with Gasteiger partial charge in [-0.3, -0.25) is 14.5 Å². The first kappa shape index (κ1) is 20.9. The number of halogens is 4. The lowest BCUT2D eigenvalue weighted by atomic mass is 10.1. The van der Waals surface area contributed by atoms with Gasteiger partial charge in [0.05, 0.1) is 17.3 Å². The molecule has 1 aliphatic heterocycles. The van der Waals surface area contributed by atoms with Gasteiger partial charge in [-0.1, -0.05) is 18.7 Å². The van der Waals surface area contributed by atoms with Crippen LogP contribution < -0.4 is 0 Å². The number of hydrogen-bond donors (Lipinski definition) is 0. The molecule has 0 aliphatic carbocycles. The largest absolute Gasteiger partial charge is 0.416 e. The summed E-state index contributed by atoms with van der Waals surface area (Å²) in [4.78, 5) is 17.6. The predicted octanol–water partition coefficient (Wildman–Crippen LogP) is 4.17.